The second-order valence-corrected chi connectivity index (χ2v) is 9.13. The number of benzene rings is 2. The number of ether oxygens (including phenoxy) is 5. The molecule has 11 nitrogen and oxygen atoms in total. The van der Waals surface area contributed by atoms with Crippen molar-refractivity contribution in [2.24, 2.45) is 11.7 Å². The zero-order valence-corrected chi connectivity index (χ0v) is 21.3. The maximum Gasteiger partial charge on any atom is 0.415 e. The number of methoxy groups -OCH3 is 1. The second kappa shape index (κ2) is 11.2. The van der Waals surface area contributed by atoms with Gasteiger partial charge in [0, 0.05) is 24.9 Å². The number of rotatable bonds is 6. The second-order valence-electron chi connectivity index (χ2n) is 9.13. The Labute approximate surface area is 221 Å². The van der Waals surface area contributed by atoms with Crippen molar-refractivity contribution < 1.29 is 28.5 Å². The molecule has 38 heavy (non-hydrogen) atoms. The lowest BCUT2D eigenvalue weighted by Crippen LogP contribution is -2.42. The van der Waals surface area contributed by atoms with Gasteiger partial charge < -0.3 is 34.3 Å². The van der Waals surface area contributed by atoms with E-state index >= 15 is 0 Å². The van der Waals surface area contributed by atoms with Crippen LogP contribution in [0.25, 0.3) is 0 Å². The van der Waals surface area contributed by atoms with Gasteiger partial charge in [0.25, 0.3) is 0 Å². The molecule has 0 aromatic heterocycles. The van der Waals surface area contributed by atoms with Gasteiger partial charge in [-0.1, -0.05) is 18.2 Å². The highest BCUT2D eigenvalue weighted by molar-refractivity contribution is 5.71. The van der Waals surface area contributed by atoms with Crippen LogP contribution < -0.4 is 30.8 Å². The molecular weight excluding hydrogens is 490 g/mol. The summed E-state index contributed by atoms with van der Waals surface area (Å²) in [5.41, 5.74) is 14.7. The molecule has 2 saturated heterocycles. The molecule has 0 aliphatic carbocycles. The molecule has 200 valence electrons. The van der Waals surface area contributed by atoms with Crippen LogP contribution in [0.15, 0.2) is 53.9 Å². The third kappa shape index (κ3) is 4.93. The van der Waals surface area contributed by atoms with Crippen molar-refractivity contribution in [2.75, 3.05) is 40.0 Å². The molecular formula is C27H31N5O6. The molecule has 5 rings (SSSR count). The maximum absolute atomic E-state index is 12.7. The summed E-state index contributed by atoms with van der Waals surface area (Å²) in [6.45, 7) is 4.34. The molecule has 2 fully saturated rings. The molecule has 4 unspecified atom stereocenters. The number of hydrogen-bond donors (Lipinski definition) is 3. The Morgan fingerprint density at radius 1 is 1.16 bits per heavy atom. The predicted octanol–water partition coefficient (Wildman–Crippen LogP) is 2.52. The zero-order chi connectivity index (χ0) is 26.6. The highest BCUT2D eigenvalue weighted by atomic mass is 16.6. The van der Waals surface area contributed by atoms with Crippen molar-refractivity contribution in [1.29, 1.82) is 5.26 Å². The normalized spacial score (nSPS) is 24.7. The van der Waals surface area contributed by atoms with E-state index < -0.39 is 18.2 Å². The van der Waals surface area contributed by atoms with Crippen LogP contribution in [0.1, 0.15) is 30.0 Å². The predicted molar refractivity (Wildman–Crippen MR) is 136 cm³/mol. The first kappa shape index (κ1) is 25.7. The lowest BCUT2D eigenvalue weighted by Gasteiger charge is -2.36. The van der Waals surface area contributed by atoms with Crippen LogP contribution >= 0.6 is 0 Å². The summed E-state index contributed by atoms with van der Waals surface area (Å²) in [7, 11) is 1.60. The van der Waals surface area contributed by atoms with Gasteiger partial charge in [0.1, 0.15) is 11.8 Å². The van der Waals surface area contributed by atoms with E-state index in [1.54, 1.807) is 30.2 Å². The molecule has 2 aromatic rings. The SMILES string of the molecule is CCOc1ccc(C2NNC3OC(N)=C(C#N)C(c4cccc(OC(=O)N5CCOCC5)c4)C32)cc1OC. The van der Waals surface area contributed by atoms with E-state index in [4.69, 9.17) is 29.4 Å². The third-order valence-corrected chi connectivity index (χ3v) is 6.99. The molecule has 0 bridgehead atoms. The number of hydrogen-bond acceptors (Lipinski definition) is 10. The van der Waals surface area contributed by atoms with Gasteiger partial charge in [-0.2, -0.15) is 5.26 Å². The van der Waals surface area contributed by atoms with Crippen molar-refractivity contribution in [3.8, 4) is 23.3 Å². The van der Waals surface area contributed by atoms with Crippen molar-refractivity contribution >= 4 is 6.09 Å². The van der Waals surface area contributed by atoms with Crippen LogP contribution in [0.5, 0.6) is 17.2 Å². The van der Waals surface area contributed by atoms with Crippen LogP contribution in [0.3, 0.4) is 0 Å². The summed E-state index contributed by atoms with van der Waals surface area (Å²) in [5.74, 6) is 1.00. The molecule has 4 atom stereocenters. The van der Waals surface area contributed by atoms with Crippen LogP contribution in [0.2, 0.25) is 0 Å². The van der Waals surface area contributed by atoms with E-state index in [1.165, 1.54) is 0 Å². The monoisotopic (exact) mass is 521 g/mol. The number of nitrogens with zero attached hydrogens (tertiary/aromatic N) is 2. The molecule has 0 saturated carbocycles. The zero-order valence-electron chi connectivity index (χ0n) is 21.3. The standard InChI is InChI=1S/C27H31N5O6/c1-3-36-20-8-7-17(14-21(20)34-2)24-23-22(19(15-28)25(29)38-26(23)31-30-24)16-5-4-6-18(13-16)37-27(33)32-9-11-35-12-10-32/h4-8,13-14,22-24,26,30-31H,3,9-12,29H2,1-2H3. The van der Waals surface area contributed by atoms with E-state index in [2.05, 4.69) is 16.9 Å². The highest BCUT2D eigenvalue weighted by Gasteiger charge is 2.49. The number of amides is 1. The number of carbonyl (C=O) groups is 1. The number of nitrogens with one attached hydrogen (secondary N) is 2. The molecule has 1 amide bonds. The lowest BCUT2D eigenvalue weighted by molar-refractivity contribution is 0.0339. The van der Waals surface area contributed by atoms with E-state index in [0.717, 1.165) is 11.1 Å². The van der Waals surface area contributed by atoms with Gasteiger partial charge >= 0.3 is 6.09 Å². The summed E-state index contributed by atoms with van der Waals surface area (Å²) < 4.78 is 28.1. The molecule has 0 radical (unpaired) electrons. The van der Waals surface area contributed by atoms with Gasteiger partial charge in [0.05, 0.1) is 38.5 Å². The molecule has 3 aliphatic rings. The van der Waals surface area contributed by atoms with E-state index in [-0.39, 0.29) is 17.8 Å². The number of morpholine rings is 1. The first-order valence-corrected chi connectivity index (χ1v) is 12.6. The fraction of sp³-hybridized carbons (Fsp3) is 0.407. The van der Waals surface area contributed by atoms with E-state index in [9.17, 15) is 10.1 Å². The third-order valence-electron chi connectivity index (χ3n) is 6.99. The molecule has 11 heteroatoms. The van der Waals surface area contributed by atoms with Crippen LogP contribution in [-0.4, -0.2) is 57.2 Å². The number of nitriles is 1. The fourth-order valence-corrected chi connectivity index (χ4v) is 5.21. The topological polar surface area (TPSA) is 140 Å². The Hall–Kier alpha value is -3.98. The number of hydrazine groups is 1. The van der Waals surface area contributed by atoms with Crippen molar-refractivity contribution in [1.82, 2.24) is 15.8 Å². The number of carbonyl (C=O) groups excluding carboxylic acids is 1. The van der Waals surface area contributed by atoms with Gasteiger partial charge in [-0.05, 0) is 42.3 Å². The van der Waals surface area contributed by atoms with E-state index in [1.807, 2.05) is 31.2 Å². The molecule has 3 heterocycles. The van der Waals surface area contributed by atoms with Gasteiger partial charge in [-0.25, -0.2) is 15.6 Å². The first-order valence-electron chi connectivity index (χ1n) is 12.6. The fourth-order valence-electron chi connectivity index (χ4n) is 5.21. The Morgan fingerprint density at radius 3 is 2.71 bits per heavy atom. The molecule has 2 aromatic carbocycles. The largest absolute Gasteiger partial charge is 0.493 e. The highest BCUT2D eigenvalue weighted by Crippen LogP contribution is 2.48. The van der Waals surface area contributed by atoms with Gasteiger partial charge in [-0.15, -0.1) is 0 Å². The molecule has 4 N–H and O–H groups in total. The van der Waals surface area contributed by atoms with Crippen molar-refractivity contribution in [3.05, 3.63) is 65.0 Å². The van der Waals surface area contributed by atoms with Crippen molar-refractivity contribution in [3.63, 3.8) is 0 Å². The Morgan fingerprint density at radius 2 is 1.97 bits per heavy atom. The van der Waals surface area contributed by atoms with E-state index in [0.29, 0.717) is 55.7 Å². The van der Waals surface area contributed by atoms with Crippen LogP contribution in [0, 0.1) is 17.2 Å². The molecule has 3 aliphatic heterocycles. The van der Waals surface area contributed by atoms with Crippen LogP contribution in [0.4, 0.5) is 4.79 Å². The molecule has 0 spiro atoms. The number of nitrogens with two attached hydrogens (primary N) is 1. The Balaban J connectivity index is 1.48. The average molecular weight is 522 g/mol. The summed E-state index contributed by atoms with van der Waals surface area (Å²) in [6, 6.07) is 14.9. The maximum atomic E-state index is 12.7. The summed E-state index contributed by atoms with van der Waals surface area (Å²) >= 11 is 0. The quantitative estimate of drug-likeness (QED) is 0.519. The van der Waals surface area contributed by atoms with Crippen LogP contribution in [-0.2, 0) is 9.47 Å². The van der Waals surface area contributed by atoms with Gasteiger partial charge in [-0.3, -0.25) is 0 Å². The minimum atomic E-state index is -0.501. The smallest absolute Gasteiger partial charge is 0.415 e. The first-order chi connectivity index (χ1) is 18.5. The number of fused-ring (bicyclic) bond motifs is 1. The lowest BCUT2D eigenvalue weighted by atomic mass is 9.74. The number of allylic oxidation sites excluding steroid dienone is 1. The minimum absolute atomic E-state index is 0.0636. The summed E-state index contributed by atoms with van der Waals surface area (Å²) in [5, 5.41) is 10.1. The summed E-state index contributed by atoms with van der Waals surface area (Å²) in [4.78, 5) is 14.3. The van der Waals surface area contributed by atoms with Crippen molar-refractivity contribution in [2.45, 2.75) is 25.1 Å². The van der Waals surface area contributed by atoms with Gasteiger partial charge in [0.15, 0.2) is 17.7 Å². The Bertz CT molecular complexity index is 1250. The minimum Gasteiger partial charge on any atom is -0.493 e. The average Bonchev–Trinajstić information content (AvgIpc) is 3.36. The van der Waals surface area contributed by atoms with Gasteiger partial charge in [0.2, 0.25) is 5.88 Å². The summed E-state index contributed by atoms with van der Waals surface area (Å²) in [6.07, 6.45) is -0.936. The Kier molecular flexibility index (Phi) is 7.55.